The fourth-order valence-corrected chi connectivity index (χ4v) is 4.02. The summed E-state index contributed by atoms with van der Waals surface area (Å²) in [6, 6.07) is 12.1. The number of carbonyl (C=O) groups is 1. The molecule has 0 aliphatic rings. The van der Waals surface area contributed by atoms with Gasteiger partial charge in [0.2, 0.25) is 0 Å². The van der Waals surface area contributed by atoms with E-state index in [4.69, 9.17) is 0 Å². The number of sulfone groups is 1. The number of nitrogens with zero attached hydrogens (tertiary/aromatic N) is 2. The van der Waals surface area contributed by atoms with Gasteiger partial charge in [-0.1, -0.05) is 30.3 Å². The van der Waals surface area contributed by atoms with Crippen LogP contribution in [-0.2, 0) is 9.84 Å². The van der Waals surface area contributed by atoms with Gasteiger partial charge in [0.15, 0.2) is 15.0 Å². The van der Waals surface area contributed by atoms with Gasteiger partial charge in [0.05, 0.1) is 16.2 Å². The molecule has 0 saturated carbocycles. The molecular weight excluding hydrogens is 399 g/mol. The molecule has 0 atom stereocenters. The van der Waals surface area contributed by atoms with E-state index in [1.54, 1.807) is 29.7 Å². The molecule has 0 saturated heterocycles. The molecule has 0 fully saturated rings. The molecule has 3 rings (SSSR count). The standard InChI is InChI=1S/C20H17FN2O3S2/c1-3-12-23(19(24)16-6-4-5-7-17(16)21)20-22-18(13-27-20)14-8-10-15(11-9-14)28(2,25)26/h3-11,13H,1,12H2,2H3. The largest absolute Gasteiger partial charge is 0.280 e. The van der Waals surface area contributed by atoms with Crippen LogP contribution < -0.4 is 4.90 Å². The molecule has 1 aromatic heterocycles. The molecule has 0 bridgehead atoms. The van der Waals surface area contributed by atoms with Crippen LogP contribution in [0.5, 0.6) is 0 Å². The van der Waals surface area contributed by atoms with Crippen LogP contribution in [0.15, 0.2) is 71.5 Å². The predicted molar refractivity (Wildman–Crippen MR) is 109 cm³/mol. The Morgan fingerprint density at radius 2 is 1.89 bits per heavy atom. The van der Waals surface area contributed by atoms with Crippen LogP contribution in [0.3, 0.4) is 0 Å². The maximum absolute atomic E-state index is 14.0. The topological polar surface area (TPSA) is 67.3 Å². The van der Waals surface area contributed by atoms with Crippen molar-refractivity contribution < 1.29 is 17.6 Å². The van der Waals surface area contributed by atoms with Gasteiger partial charge in [-0.3, -0.25) is 9.69 Å². The predicted octanol–water partition coefficient (Wildman–Crippen LogP) is 4.19. The van der Waals surface area contributed by atoms with Crippen LogP contribution in [0.25, 0.3) is 11.3 Å². The monoisotopic (exact) mass is 416 g/mol. The van der Waals surface area contributed by atoms with Gasteiger partial charge in [0.25, 0.3) is 5.91 Å². The molecule has 2 aromatic carbocycles. The van der Waals surface area contributed by atoms with Crippen molar-refractivity contribution in [2.24, 2.45) is 0 Å². The maximum atomic E-state index is 14.0. The number of hydrogen-bond acceptors (Lipinski definition) is 5. The van der Waals surface area contributed by atoms with Gasteiger partial charge in [0, 0.05) is 23.7 Å². The molecule has 28 heavy (non-hydrogen) atoms. The minimum atomic E-state index is -3.28. The van der Waals surface area contributed by atoms with Gasteiger partial charge >= 0.3 is 0 Å². The average molecular weight is 416 g/mol. The number of aromatic nitrogens is 1. The van der Waals surface area contributed by atoms with Crippen LogP contribution in [-0.4, -0.2) is 32.1 Å². The first-order chi connectivity index (χ1) is 13.3. The highest BCUT2D eigenvalue weighted by Crippen LogP contribution is 2.29. The highest BCUT2D eigenvalue weighted by atomic mass is 32.2. The number of anilines is 1. The zero-order valence-electron chi connectivity index (χ0n) is 15.0. The lowest BCUT2D eigenvalue weighted by molar-refractivity contribution is 0.0986. The average Bonchev–Trinajstić information content (AvgIpc) is 3.15. The molecule has 1 heterocycles. The van der Waals surface area contributed by atoms with E-state index in [0.29, 0.717) is 16.4 Å². The fraction of sp³-hybridized carbons (Fsp3) is 0.100. The van der Waals surface area contributed by atoms with Crippen molar-refractivity contribution in [3.05, 3.63) is 77.9 Å². The number of hydrogen-bond donors (Lipinski definition) is 0. The summed E-state index contributed by atoms with van der Waals surface area (Å²) in [6.45, 7) is 3.83. The van der Waals surface area contributed by atoms with E-state index < -0.39 is 21.6 Å². The van der Waals surface area contributed by atoms with Crippen LogP contribution in [0.2, 0.25) is 0 Å². The maximum Gasteiger partial charge on any atom is 0.263 e. The molecule has 0 unspecified atom stereocenters. The van der Waals surface area contributed by atoms with Gasteiger partial charge in [-0.2, -0.15) is 0 Å². The molecule has 3 aromatic rings. The molecule has 0 radical (unpaired) electrons. The Balaban J connectivity index is 1.92. The third kappa shape index (κ3) is 4.18. The summed E-state index contributed by atoms with van der Waals surface area (Å²) >= 11 is 1.24. The SMILES string of the molecule is C=CCN(C(=O)c1ccccc1F)c1nc(-c2ccc(S(C)(=O)=O)cc2)cs1. The lowest BCUT2D eigenvalue weighted by Crippen LogP contribution is -2.31. The second kappa shape index (κ2) is 8.04. The molecular formula is C20H17FN2O3S2. The summed E-state index contributed by atoms with van der Waals surface area (Å²) in [6.07, 6.45) is 2.69. The van der Waals surface area contributed by atoms with E-state index in [2.05, 4.69) is 11.6 Å². The van der Waals surface area contributed by atoms with E-state index >= 15 is 0 Å². The Kier molecular flexibility index (Phi) is 5.71. The first-order valence-corrected chi connectivity index (χ1v) is 11.0. The Morgan fingerprint density at radius 1 is 1.21 bits per heavy atom. The zero-order valence-corrected chi connectivity index (χ0v) is 16.6. The third-order valence-electron chi connectivity index (χ3n) is 3.96. The Hall–Kier alpha value is -2.84. The molecule has 0 aliphatic carbocycles. The van der Waals surface area contributed by atoms with Crippen LogP contribution >= 0.6 is 11.3 Å². The number of halogens is 1. The lowest BCUT2D eigenvalue weighted by Gasteiger charge is -2.18. The number of carbonyl (C=O) groups excluding carboxylic acids is 1. The normalized spacial score (nSPS) is 11.2. The molecule has 0 N–H and O–H groups in total. The minimum absolute atomic E-state index is 0.0430. The van der Waals surface area contributed by atoms with Gasteiger partial charge in [-0.25, -0.2) is 17.8 Å². The van der Waals surface area contributed by atoms with E-state index in [0.717, 1.165) is 6.26 Å². The Bertz CT molecular complexity index is 1120. The molecule has 8 heteroatoms. The van der Waals surface area contributed by atoms with Gasteiger partial charge in [0.1, 0.15) is 5.82 Å². The van der Waals surface area contributed by atoms with Gasteiger partial charge < -0.3 is 0 Å². The highest BCUT2D eigenvalue weighted by molar-refractivity contribution is 7.90. The van der Waals surface area contributed by atoms with Crippen LogP contribution in [0, 0.1) is 5.82 Å². The van der Waals surface area contributed by atoms with Crippen molar-refractivity contribution in [3.63, 3.8) is 0 Å². The smallest absolute Gasteiger partial charge is 0.263 e. The number of amides is 1. The van der Waals surface area contributed by atoms with E-state index in [1.807, 2.05) is 0 Å². The quantitative estimate of drug-likeness (QED) is 0.565. The Morgan fingerprint density at radius 3 is 2.50 bits per heavy atom. The van der Waals surface area contributed by atoms with Gasteiger partial charge in [-0.05, 0) is 24.3 Å². The van der Waals surface area contributed by atoms with Crippen molar-refractivity contribution in [1.82, 2.24) is 4.98 Å². The van der Waals surface area contributed by atoms with Crippen molar-refractivity contribution in [2.45, 2.75) is 4.90 Å². The minimum Gasteiger partial charge on any atom is -0.280 e. The van der Waals surface area contributed by atoms with Gasteiger partial charge in [-0.15, -0.1) is 17.9 Å². The molecule has 0 aliphatic heterocycles. The fourth-order valence-electron chi connectivity index (χ4n) is 2.55. The third-order valence-corrected chi connectivity index (χ3v) is 5.95. The first kappa shape index (κ1) is 19.9. The number of benzene rings is 2. The summed E-state index contributed by atoms with van der Waals surface area (Å²) in [5, 5.41) is 2.16. The lowest BCUT2D eigenvalue weighted by atomic mass is 10.2. The van der Waals surface area contributed by atoms with Crippen molar-refractivity contribution in [1.29, 1.82) is 0 Å². The van der Waals surface area contributed by atoms with Crippen LogP contribution in [0.1, 0.15) is 10.4 Å². The van der Waals surface area contributed by atoms with E-state index in [1.165, 1.54) is 46.6 Å². The van der Waals surface area contributed by atoms with Crippen molar-refractivity contribution >= 4 is 32.2 Å². The highest BCUT2D eigenvalue weighted by Gasteiger charge is 2.22. The first-order valence-electron chi connectivity index (χ1n) is 8.24. The molecule has 1 amide bonds. The second-order valence-corrected chi connectivity index (χ2v) is 8.85. The molecule has 144 valence electrons. The summed E-state index contributed by atoms with van der Waals surface area (Å²) in [5.74, 6) is -1.11. The van der Waals surface area contributed by atoms with E-state index in [9.17, 15) is 17.6 Å². The summed E-state index contributed by atoms with van der Waals surface area (Å²) in [7, 11) is -3.28. The Labute approximate surface area is 166 Å². The summed E-state index contributed by atoms with van der Waals surface area (Å²) < 4.78 is 37.2. The second-order valence-electron chi connectivity index (χ2n) is 6.00. The number of thiazole rings is 1. The molecule has 5 nitrogen and oxygen atoms in total. The number of rotatable bonds is 6. The molecule has 0 spiro atoms. The summed E-state index contributed by atoms with van der Waals surface area (Å²) in [4.78, 5) is 18.8. The van der Waals surface area contributed by atoms with Crippen molar-refractivity contribution in [3.8, 4) is 11.3 Å². The zero-order chi connectivity index (χ0) is 20.3. The van der Waals surface area contributed by atoms with Crippen molar-refractivity contribution in [2.75, 3.05) is 17.7 Å². The van der Waals surface area contributed by atoms with E-state index in [-0.39, 0.29) is 17.0 Å². The summed E-state index contributed by atoms with van der Waals surface area (Å²) in [5.41, 5.74) is 1.26. The van der Waals surface area contributed by atoms with Crippen LogP contribution in [0.4, 0.5) is 9.52 Å².